The average molecular weight is 308 g/mol. The molecule has 0 bridgehead atoms. The molecule has 3 amide bonds. The lowest BCUT2D eigenvalue weighted by Crippen LogP contribution is -2.39. The van der Waals surface area contributed by atoms with E-state index in [4.69, 9.17) is 0 Å². The van der Waals surface area contributed by atoms with Gasteiger partial charge in [-0.2, -0.15) is 0 Å². The number of imide groups is 1. The Morgan fingerprint density at radius 2 is 1.76 bits per heavy atom. The highest BCUT2D eigenvalue weighted by atomic mass is 32.2. The molecule has 1 aromatic carbocycles. The van der Waals surface area contributed by atoms with Gasteiger partial charge >= 0.3 is 6.03 Å². The summed E-state index contributed by atoms with van der Waals surface area (Å²) in [7, 11) is -4.12. The van der Waals surface area contributed by atoms with E-state index < -0.39 is 28.0 Å². The van der Waals surface area contributed by atoms with E-state index in [1.807, 2.05) is 6.92 Å². The van der Waals surface area contributed by atoms with E-state index in [1.165, 1.54) is 17.0 Å². The van der Waals surface area contributed by atoms with Crippen molar-refractivity contribution in [1.82, 2.24) is 9.21 Å². The molecule has 6 nitrogen and oxygen atoms in total. The second-order valence-electron chi connectivity index (χ2n) is 5.41. The van der Waals surface area contributed by atoms with Crippen molar-refractivity contribution in [3.05, 3.63) is 29.8 Å². The second kappa shape index (κ2) is 4.84. The van der Waals surface area contributed by atoms with Gasteiger partial charge in [0.1, 0.15) is 6.04 Å². The summed E-state index contributed by atoms with van der Waals surface area (Å²) in [5.41, 5.74) is 0.908. The first kappa shape index (κ1) is 14.1. The quantitative estimate of drug-likeness (QED) is 0.776. The van der Waals surface area contributed by atoms with Gasteiger partial charge in [0.25, 0.3) is 15.9 Å². The van der Waals surface area contributed by atoms with E-state index in [0.29, 0.717) is 17.3 Å². The zero-order chi connectivity index (χ0) is 15.2. The molecule has 2 aliphatic rings. The van der Waals surface area contributed by atoms with Crippen molar-refractivity contribution in [3.8, 4) is 0 Å². The van der Waals surface area contributed by atoms with Gasteiger partial charge < -0.3 is 4.90 Å². The summed E-state index contributed by atoms with van der Waals surface area (Å²) < 4.78 is 25.6. The highest BCUT2D eigenvalue weighted by Gasteiger charge is 2.51. The number of amides is 3. The average Bonchev–Trinajstić information content (AvgIpc) is 2.72. The number of carbonyl (C=O) groups excluding carboxylic acids is 2. The van der Waals surface area contributed by atoms with Crippen LogP contribution >= 0.6 is 0 Å². The summed E-state index contributed by atoms with van der Waals surface area (Å²) in [5, 5.41) is 0. The summed E-state index contributed by atoms with van der Waals surface area (Å²) in [6.07, 6.45) is 2.16. The molecule has 3 rings (SSSR count). The lowest BCUT2D eigenvalue weighted by atomic mass is 10.0. The maximum atomic E-state index is 12.6. The maximum absolute atomic E-state index is 12.6. The molecular weight excluding hydrogens is 292 g/mol. The van der Waals surface area contributed by atoms with Crippen molar-refractivity contribution >= 4 is 22.0 Å². The van der Waals surface area contributed by atoms with E-state index in [9.17, 15) is 18.0 Å². The molecule has 2 aliphatic heterocycles. The summed E-state index contributed by atoms with van der Waals surface area (Å²) in [5.74, 6) is -0.625. The highest BCUT2D eigenvalue weighted by molar-refractivity contribution is 7.90. The first-order chi connectivity index (χ1) is 9.93. The van der Waals surface area contributed by atoms with Gasteiger partial charge in [0, 0.05) is 6.54 Å². The van der Waals surface area contributed by atoms with E-state index in [0.717, 1.165) is 18.4 Å². The third-order valence-corrected chi connectivity index (χ3v) is 5.65. The molecule has 1 atom stereocenters. The van der Waals surface area contributed by atoms with Crippen LogP contribution in [0.4, 0.5) is 4.79 Å². The predicted molar refractivity (Wildman–Crippen MR) is 75.0 cm³/mol. The number of nitrogens with zero attached hydrogens (tertiary/aromatic N) is 2. The summed E-state index contributed by atoms with van der Waals surface area (Å²) in [4.78, 5) is 26.0. The Morgan fingerprint density at radius 3 is 2.38 bits per heavy atom. The molecule has 0 aromatic heterocycles. The van der Waals surface area contributed by atoms with E-state index >= 15 is 0 Å². The van der Waals surface area contributed by atoms with Crippen molar-refractivity contribution in [2.75, 3.05) is 6.54 Å². The molecule has 0 N–H and O–H groups in total. The lowest BCUT2D eigenvalue weighted by molar-refractivity contribution is -0.125. The van der Waals surface area contributed by atoms with Crippen LogP contribution in [0.25, 0.3) is 0 Å². The van der Waals surface area contributed by atoms with Crippen LogP contribution in [0.1, 0.15) is 24.8 Å². The molecule has 2 fully saturated rings. The number of hydrogen-bond acceptors (Lipinski definition) is 4. The fourth-order valence-corrected chi connectivity index (χ4v) is 4.16. The first-order valence-corrected chi connectivity index (χ1v) is 8.33. The van der Waals surface area contributed by atoms with Gasteiger partial charge in [-0.05, 0) is 38.3 Å². The van der Waals surface area contributed by atoms with Crippen molar-refractivity contribution < 1.29 is 18.0 Å². The zero-order valence-electron chi connectivity index (χ0n) is 11.7. The Hall–Kier alpha value is -1.89. The fourth-order valence-electron chi connectivity index (χ4n) is 2.80. The second-order valence-corrected chi connectivity index (χ2v) is 7.19. The first-order valence-electron chi connectivity index (χ1n) is 6.89. The molecule has 0 radical (unpaired) electrons. The summed E-state index contributed by atoms with van der Waals surface area (Å²) in [6.45, 7) is 2.28. The Kier molecular flexibility index (Phi) is 3.24. The molecule has 21 heavy (non-hydrogen) atoms. The molecule has 2 saturated heterocycles. The minimum absolute atomic E-state index is 0.0327. The number of urea groups is 1. The van der Waals surface area contributed by atoms with E-state index in [-0.39, 0.29) is 4.90 Å². The monoisotopic (exact) mass is 308 g/mol. The van der Waals surface area contributed by atoms with Crippen LogP contribution in [0.5, 0.6) is 0 Å². The minimum atomic E-state index is -4.12. The van der Waals surface area contributed by atoms with Crippen LogP contribution in [0, 0.1) is 6.92 Å². The van der Waals surface area contributed by atoms with Gasteiger partial charge in [-0.25, -0.2) is 13.2 Å². The smallest absolute Gasteiger partial charge is 0.311 e. The molecular formula is C14H16N2O4S. The normalized spacial score (nSPS) is 22.6. The van der Waals surface area contributed by atoms with Crippen molar-refractivity contribution in [2.45, 2.75) is 37.1 Å². The van der Waals surface area contributed by atoms with E-state index in [2.05, 4.69) is 0 Å². The van der Waals surface area contributed by atoms with Gasteiger partial charge in [0.2, 0.25) is 0 Å². The molecule has 0 aliphatic carbocycles. The third kappa shape index (κ3) is 2.12. The Labute approximate surface area is 123 Å². The Balaban J connectivity index is 2.01. The van der Waals surface area contributed by atoms with E-state index in [1.54, 1.807) is 12.1 Å². The van der Waals surface area contributed by atoms with Gasteiger partial charge in [-0.15, -0.1) is 4.31 Å². The van der Waals surface area contributed by atoms with Crippen LogP contribution in [0.3, 0.4) is 0 Å². The van der Waals surface area contributed by atoms with Crippen LogP contribution in [-0.4, -0.2) is 42.1 Å². The Bertz CT molecular complexity index is 672. The van der Waals surface area contributed by atoms with Crippen LogP contribution in [-0.2, 0) is 14.8 Å². The molecule has 0 spiro atoms. The van der Waals surface area contributed by atoms with Gasteiger partial charge in [-0.3, -0.25) is 4.79 Å². The fraction of sp³-hybridized carbons (Fsp3) is 0.429. The zero-order valence-corrected chi connectivity index (χ0v) is 12.5. The van der Waals surface area contributed by atoms with Crippen LogP contribution in [0.2, 0.25) is 0 Å². The summed E-state index contributed by atoms with van der Waals surface area (Å²) in [6, 6.07) is 4.79. The highest BCUT2D eigenvalue weighted by Crippen LogP contribution is 2.30. The largest absolute Gasteiger partial charge is 0.341 e. The lowest BCUT2D eigenvalue weighted by Gasteiger charge is -2.25. The van der Waals surface area contributed by atoms with Crippen LogP contribution in [0.15, 0.2) is 29.2 Å². The Morgan fingerprint density at radius 1 is 1.10 bits per heavy atom. The topological polar surface area (TPSA) is 74.8 Å². The molecule has 112 valence electrons. The van der Waals surface area contributed by atoms with Crippen molar-refractivity contribution in [2.24, 2.45) is 0 Å². The van der Waals surface area contributed by atoms with Crippen molar-refractivity contribution in [3.63, 3.8) is 0 Å². The molecule has 0 saturated carbocycles. The minimum Gasteiger partial charge on any atom is -0.311 e. The number of aryl methyl sites for hydroxylation is 1. The molecule has 2 heterocycles. The summed E-state index contributed by atoms with van der Waals surface area (Å²) >= 11 is 0. The van der Waals surface area contributed by atoms with Gasteiger partial charge in [0.15, 0.2) is 0 Å². The number of piperidine rings is 1. The maximum Gasteiger partial charge on any atom is 0.341 e. The van der Waals surface area contributed by atoms with Crippen molar-refractivity contribution in [1.29, 1.82) is 0 Å². The molecule has 7 heteroatoms. The molecule has 1 unspecified atom stereocenters. The third-order valence-electron chi connectivity index (χ3n) is 3.97. The number of fused-ring (bicyclic) bond motifs is 1. The number of sulfonamides is 1. The van der Waals surface area contributed by atoms with Gasteiger partial charge in [-0.1, -0.05) is 17.7 Å². The number of benzene rings is 1. The molecule has 1 aromatic rings. The number of hydrogen-bond donors (Lipinski definition) is 0. The SMILES string of the molecule is Cc1ccc(S(=O)(=O)N2C(=O)C3CCCCN3C2=O)cc1. The van der Waals surface area contributed by atoms with Gasteiger partial charge in [0.05, 0.1) is 4.90 Å². The standard InChI is InChI=1S/C14H16N2O4S/c1-10-5-7-11(8-6-10)21(19,20)16-13(17)12-4-2-3-9-15(12)14(16)18/h5-8,12H,2-4,9H2,1H3. The number of rotatable bonds is 2. The number of carbonyl (C=O) groups is 2. The predicted octanol–water partition coefficient (Wildman–Crippen LogP) is 1.50. The van der Waals surface area contributed by atoms with Crippen LogP contribution < -0.4 is 0 Å².